The summed E-state index contributed by atoms with van der Waals surface area (Å²) in [5.74, 6) is 1.35. The molecule has 0 radical (unpaired) electrons. The predicted octanol–water partition coefficient (Wildman–Crippen LogP) is 0.778. The Labute approximate surface area is 123 Å². The smallest absolute Gasteiger partial charge is 0.136 e. The van der Waals surface area contributed by atoms with Gasteiger partial charge in [-0.05, 0) is 30.3 Å². The second-order valence-corrected chi connectivity index (χ2v) is 4.68. The molecule has 0 bridgehead atoms. The molecule has 6 heteroatoms. The van der Waals surface area contributed by atoms with Gasteiger partial charge in [0.1, 0.15) is 11.5 Å². The van der Waals surface area contributed by atoms with Gasteiger partial charge in [0.05, 0.1) is 19.8 Å². The zero-order valence-corrected chi connectivity index (χ0v) is 11.8. The standard InChI is InChI=1S/C15H21N3O3/c16-10-12-2-4-15(21-12)13-9-11(1-3-14(13)17)18(5-7-19)6-8-20/h1-4,9,19-20H,5-8,10,16-17H2. The largest absolute Gasteiger partial charge is 0.460 e. The maximum Gasteiger partial charge on any atom is 0.136 e. The van der Waals surface area contributed by atoms with Gasteiger partial charge in [0.2, 0.25) is 0 Å². The first-order valence-electron chi connectivity index (χ1n) is 6.85. The number of nitrogens with two attached hydrogens (primary N) is 2. The predicted molar refractivity (Wildman–Crippen MR) is 82.8 cm³/mol. The summed E-state index contributed by atoms with van der Waals surface area (Å²) in [5.41, 5.74) is 13.8. The molecule has 6 nitrogen and oxygen atoms in total. The molecule has 0 spiro atoms. The Bertz CT molecular complexity index is 577. The molecule has 1 aromatic heterocycles. The molecule has 1 heterocycles. The monoisotopic (exact) mass is 291 g/mol. The lowest BCUT2D eigenvalue weighted by molar-refractivity contribution is 0.281. The van der Waals surface area contributed by atoms with Crippen molar-refractivity contribution >= 4 is 11.4 Å². The second kappa shape index (κ2) is 7.12. The molecule has 0 aliphatic rings. The lowest BCUT2D eigenvalue weighted by atomic mass is 10.1. The number of nitrogen functional groups attached to an aromatic ring is 1. The Morgan fingerprint density at radius 2 is 1.76 bits per heavy atom. The van der Waals surface area contributed by atoms with E-state index < -0.39 is 0 Å². The maximum atomic E-state index is 9.12. The first kappa shape index (κ1) is 15.4. The highest BCUT2D eigenvalue weighted by Crippen LogP contribution is 2.31. The van der Waals surface area contributed by atoms with Crippen molar-refractivity contribution in [3.63, 3.8) is 0 Å². The fourth-order valence-electron chi connectivity index (χ4n) is 2.20. The molecule has 0 aliphatic carbocycles. The van der Waals surface area contributed by atoms with Gasteiger partial charge in [0.15, 0.2) is 0 Å². The van der Waals surface area contributed by atoms with Crippen LogP contribution < -0.4 is 16.4 Å². The average molecular weight is 291 g/mol. The van der Waals surface area contributed by atoms with E-state index in [1.807, 2.05) is 29.2 Å². The SMILES string of the molecule is NCc1ccc(-c2cc(N(CCO)CCO)ccc2N)o1. The molecule has 2 rings (SSSR count). The van der Waals surface area contributed by atoms with Crippen molar-refractivity contribution in [1.82, 2.24) is 0 Å². The summed E-state index contributed by atoms with van der Waals surface area (Å²) < 4.78 is 5.63. The van der Waals surface area contributed by atoms with E-state index in [9.17, 15) is 0 Å². The molecule has 0 amide bonds. The highest BCUT2D eigenvalue weighted by atomic mass is 16.3. The Kier molecular flexibility index (Phi) is 5.21. The fourth-order valence-corrected chi connectivity index (χ4v) is 2.20. The highest BCUT2D eigenvalue weighted by molar-refractivity contribution is 5.77. The topological polar surface area (TPSA) is 109 Å². The van der Waals surface area contributed by atoms with Gasteiger partial charge in [-0.15, -0.1) is 0 Å². The minimum Gasteiger partial charge on any atom is -0.460 e. The number of hydrogen-bond acceptors (Lipinski definition) is 6. The molecule has 0 saturated carbocycles. The van der Waals surface area contributed by atoms with Crippen LogP contribution in [0.15, 0.2) is 34.7 Å². The van der Waals surface area contributed by atoms with Gasteiger partial charge in [-0.25, -0.2) is 0 Å². The van der Waals surface area contributed by atoms with Crippen molar-refractivity contribution in [3.05, 3.63) is 36.1 Å². The van der Waals surface area contributed by atoms with Crippen LogP contribution in [0.4, 0.5) is 11.4 Å². The molecular formula is C15H21N3O3. The Balaban J connectivity index is 2.35. The molecule has 6 N–H and O–H groups in total. The number of furan rings is 1. The molecule has 0 unspecified atom stereocenters. The molecule has 21 heavy (non-hydrogen) atoms. The number of hydrogen-bond donors (Lipinski definition) is 4. The third kappa shape index (κ3) is 3.55. The molecule has 114 valence electrons. The van der Waals surface area contributed by atoms with Crippen molar-refractivity contribution < 1.29 is 14.6 Å². The third-order valence-corrected chi connectivity index (χ3v) is 3.27. The van der Waals surface area contributed by atoms with E-state index in [0.29, 0.717) is 36.8 Å². The molecule has 0 aliphatic heterocycles. The van der Waals surface area contributed by atoms with Crippen LogP contribution in [0.25, 0.3) is 11.3 Å². The number of anilines is 2. The van der Waals surface area contributed by atoms with Crippen LogP contribution in [0, 0.1) is 0 Å². The molecule has 0 fully saturated rings. The fraction of sp³-hybridized carbons (Fsp3) is 0.333. The summed E-state index contributed by atoms with van der Waals surface area (Å²) in [7, 11) is 0. The van der Waals surface area contributed by atoms with Crippen LogP contribution in [0.5, 0.6) is 0 Å². The second-order valence-electron chi connectivity index (χ2n) is 4.68. The molecule has 0 saturated heterocycles. The molecule has 2 aromatic rings. The summed E-state index contributed by atoms with van der Waals surface area (Å²) in [6.07, 6.45) is 0. The summed E-state index contributed by atoms with van der Waals surface area (Å²) in [6.45, 7) is 1.24. The van der Waals surface area contributed by atoms with Crippen LogP contribution in [-0.2, 0) is 6.54 Å². The first-order valence-corrected chi connectivity index (χ1v) is 6.85. The molecular weight excluding hydrogens is 270 g/mol. The van der Waals surface area contributed by atoms with E-state index in [0.717, 1.165) is 11.3 Å². The maximum absolute atomic E-state index is 9.12. The molecule has 0 atom stereocenters. The Morgan fingerprint density at radius 3 is 2.33 bits per heavy atom. The lowest BCUT2D eigenvalue weighted by Gasteiger charge is -2.23. The normalized spacial score (nSPS) is 10.8. The number of nitrogens with zero attached hydrogens (tertiary/aromatic N) is 1. The number of aliphatic hydroxyl groups excluding tert-OH is 2. The van der Waals surface area contributed by atoms with E-state index in [-0.39, 0.29) is 13.2 Å². The molecule has 1 aromatic carbocycles. The first-order chi connectivity index (χ1) is 10.2. The van der Waals surface area contributed by atoms with Gasteiger partial charge in [-0.2, -0.15) is 0 Å². The van der Waals surface area contributed by atoms with E-state index in [1.54, 1.807) is 6.07 Å². The van der Waals surface area contributed by atoms with Crippen LogP contribution >= 0.6 is 0 Å². The van der Waals surface area contributed by atoms with Gasteiger partial charge < -0.3 is 31.0 Å². The number of rotatable bonds is 7. The Morgan fingerprint density at radius 1 is 1.05 bits per heavy atom. The summed E-state index contributed by atoms with van der Waals surface area (Å²) in [6, 6.07) is 9.19. The van der Waals surface area contributed by atoms with Crippen molar-refractivity contribution in [2.75, 3.05) is 36.9 Å². The number of benzene rings is 1. The van der Waals surface area contributed by atoms with Crippen molar-refractivity contribution in [1.29, 1.82) is 0 Å². The quantitative estimate of drug-likeness (QED) is 0.561. The third-order valence-electron chi connectivity index (χ3n) is 3.27. The minimum absolute atomic E-state index is 0.0117. The van der Waals surface area contributed by atoms with E-state index in [4.69, 9.17) is 26.1 Å². The van der Waals surface area contributed by atoms with Crippen LogP contribution in [0.2, 0.25) is 0 Å². The van der Waals surface area contributed by atoms with E-state index in [2.05, 4.69) is 0 Å². The van der Waals surface area contributed by atoms with Gasteiger partial charge >= 0.3 is 0 Å². The summed E-state index contributed by atoms with van der Waals surface area (Å²) in [5, 5.41) is 18.2. The zero-order valence-electron chi connectivity index (χ0n) is 11.8. The van der Waals surface area contributed by atoms with Crippen molar-refractivity contribution in [2.45, 2.75) is 6.54 Å². The van der Waals surface area contributed by atoms with E-state index in [1.165, 1.54) is 0 Å². The van der Waals surface area contributed by atoms with E-state index >= 15 is 0 Å². The summed E-state index contributed by atoms with van der Waals surface area (Å²) in [4.78, 5) is 1.88. The van der Waals surface area contributed by atoms with Crippen LogP contribution in [0.1, 0.15) is 5.76 Å². The van der Waals surface area contributed by atoms with Gasteiger partial charge in [0.25, 0.3) is 0 Å². The average Bonchev–Trinajstić information content (AvgIpc) is 2.96. The minimum atomic E-state index is 0.0117. The van der Waals surface area contributed by atoms with Crippen LogP contribution in [-0.4, -0.2) is 36.5 Å². The lowest BCUT2D eigenvalue weighted by Crippen LogP contribution is -2.29. The zero-order chi connectivity index (χ0) is 15.2. The van der Waals surface area contributed by atoms with Gasteiger partial charge in [-0.1, -0.05) is 0 Å². The van der Waals surface area contributed by atoms with Gasteiger partial charge in [-0.3, -0.25) is 0 Å². The number of aliphatic hydroxyl groups is 2. The summed E-state index contributed by atoms with van der Waals surface area (Å²) >= 11 is 0. The van der Waals surface area contributed by atoms with Gasteiger partial charge in [0, 0.05) is 30.0 Å². The van der Waals surface area contributed by atoms with Crippen molar-refractivity contribution in [3.8, 4) is 11.3 Å². The van der Waals surface area contributed by atoms with Crippen LogP contribution in [0.3, 0.4) is 0 Å². The Hall–Kier alpha value is -2.02. The highest BCUT2D eigenvalue weighted by Gasteiger charge is 2.12. The van der Waals surface area contributed by atoms with Crippen molar-refractivity contribution in [2.24, 2.45) is 5.73 Å².